The maximum atomic E-state index is 11.7. The Labute approximate surface area is 89.5 Å². The Morgan fingerprint density at radius 2 is 2.00 bits per heavy atom. The van der Waals surface area contributed by atoms with Crippen LogP contribution in [0.15, 0.2) is 0 Å². The quantitative estimate of drug-likeness (QED) is 0.661. The number of thioether (sulfide) groups is 1. The van der Waals surface area contributed by atoms with Gasteiger partial charge in [0.2, 0.25) is 5.91 Å². The molecule has 4 heteroatoms. The molecule has 0 N–H and O–H groups in total. The average Bonchev–Trinajstić information content (AvgIpc) is 2.14. The normalized spacial score (nSPS) is 29.4. The average molecular weight is 212 g/mol. The zero-order chi connectivity index (χ0) is 10.7. The van der Waals surface area contributed by atoms with Gasteiger partial charge < -0.3 is 4.90 Å². The summed E-state index contributed by atoms with van der Waals surface area (Å²) in [7, 11) is 0. The molecule has 78 valence electrons. The molecule has 1 fully saturated rings. The number of carbonyl (C=O) groups excluding carboxylic acids is 1. The lowest BCUT2D eigenvalue weighted by Gasteiger charge is -2.35. The summed E-state index contributed by atoms with van der Waals surface area (Å²) in [5.41, 5.74) is 0. The SMILES string of the molecule is CC1CN(C(=O)C(C)C#N)CC(C)S1. The highest BCUT2D eigenvalue weighted by Gasteiger charge is 2.28. The van der Waals surface area contributed by atoms with Gasteiger partial charge in [-0.3, -0.25) is 4.79 Å². The summed E-state index contributed by atoms with van der Waals surface area (Å²) < 4.78 is 0. The maximum absolute atomic E-state index is 11.7. The van der Waals surface area contributed by atoms with E-state index in [1.807, 2.05) is 22.7 Å². The zero-order valence-electron chi connectivity index (χ0n) is 8.86. The molecule has 3 atom stereocenters. The first-order chi connectivity index (χ1) is 6.54. The van der Waals surface area contributed by atoms with Crippen LogP contribution in [-0.2, 0) is 4.79 Å². The Bertz CT molecular complexity index is 251. The van der Waals surface area contributed by atoms with Crippen LogP contribution >= 0.6 is 11.8 Å². The molecule has 0 aliphatic carbocycles. The van der Waals surface area contributed by atoms with Crippen molar-refractivity contribution in [2.45, 2.75) is 31.3 Å². The van der Waals surface area contributed by atoms with Crippen molar-refractivity contribution in [1.29, 1.82) is 5.26 Å². The molecular formula is C10H16N2OS. The summed E-state index contributed by atoms with van der Waals surface area (Å²) in [6.45, 7) is 7.47. The van der Waals surface area contributed by atoms with Crippen molar-refractivity contribution in [3.8, 4) is 6.07 Å². The molecule has 3 unspecified atom stereocenters. The first-order valence-corrected chi connectivity index (χ1v) is 5.82. The molecule has 0 aromatic rings. The largest absolute Gasteiger partial charge is 0.339 e. The predicted molar refractivity (Wildman–Crippen MR) is 57.9 cm³/mol. The molecule has 0 radical (unpaired) electrons. The van der Waals surface area contributed by atoms with Crippen molar-refractivity contribution in [3.05, 3.63) is 0 Å². The number of nitrogens with zero attached hydrogens (tertiary/aromatic N) is 2. The minimum absolute atomic E-state index is 0.0218. The summed E-state index contributed by atoms with van der Waals surface area (Å²) in [5, 5.41) is 9.63. The molecule has 0 saturated carbocycles. The number of carbonyl (C=O) groups is 1. The molecule has 0 aromatic heterocycles. The van der Waals surface area contributed by atoms with Crippen LogP contribution < -0.4 is 0 Å². The van der Waals surface area contributed by atoms with Gasteiger partial charge in [-0.05, 0) is 6.92 Å². The Morgan fingerprint density at radius 1 is 1.50 bits per heavy atom. The lowest BCUT2D eigenvalue weighted by molar-refractivity contribution is -0.133. The van der Waals surface area contributed by atoms with Gasteiger partial charge in [0.1, 0.15) is 5.92 Å². The Hall–Kier alpha value is -0.690. The number of nitriles is 1. The van der Waals surface area contributed by atoms with E-state index in [1.54, 1.807) is 6.92 Å². The maximum Gasteiger partial charge on any atom is 0.239 e. The summed E-state index contributed by atoms with van der Waals surface area (Å²) in [5.74, 6) is -0.524. The lowest BCUT2D eigenvalue weighted by Crippen LogP contribution is -2.45. The van der Waals surface area contributed by atoms with Gasteiger partial charge >= 0.3 is 0 Å². The van der Waals surface area contributed by atoms with Gasteiger partial charge in [-0.1, -0.05) is 13.8 Å². The van der Waals surface area contributed by atoms with E-state index in [0.29, 0.717) is 10.5 Å². The smallest absolute Gasteiger partial charge is 0.239 e. The number of amides is 1. The summed E-state index contributed by atoms with van der Waals surface area (Å²) in [4.78, 5) is 13.5. The molecular weight excluding hydrogens is 196 g/mol. The first-order valence-electron chi connectivity index (χ1n) is 4.88. The molecule has 0 spiro atoms. The highest BCUT2D eigenvalue weighted by molar-refractivity contribution is 8.00. The van der Waals surface area contributed by atoms with Crippen molar-refractivity contribution < 1.29 is 4.79 Å². The predicted octanol–water partition coefficient (Wildman–Crippen LogP) is 1.50. The third-order valence-corrected chi connectivity index (χ3v) is 3.52. The topological polar surface area (TPSA) is 44.1 Å². The van der Waals surface area contributed by atoms with Gasteiger partial charge in [0.25, 0.3) is 0 Å². The van der Waals surface area contributed by atoms with Crippen LogP contribution in [-0.4, -0.2) is 34.4 Å². The third-order valence-electron chi connectivity index (χ3n) is 2.30. The second-order valence-electron chi connectivity index (χ2n) is 3.85. The van der Waals surface area contributed by atoms with E-state index in [9.17, 15) is 4.79 Å². The minimum Gasteiger partial charge on any atom is -0.339 e. The fourth-order valence-electron chi connectivity index (χ4n) is 1.69. The zero-order valence-corrected chi connectivity index (χ0v) is 9.67. The molecule has 1 aliphatic heterocycles. The van der Waals surface area contributed by atoms with Gasteiger partial charge in [0.15, 0.2) is 0 Å². The highest BCUT2D eigenvalue weighted by Crippen LogP contribution is 2.25. The molecule has 3 nitrogen and oxygen atoms in total. The van der Waals surface area contributed by atoms with E-state index in [-0.39, 0.29) is 5.91 Å². The van der Waals surface area contributed by atoms with Gasteiger partial charge in [-0.15, -0.1) is 0 Å². The van der Waals surface area contributed by atoms with E-state index in [1.165, 1.54) is 0 Å². The minimum atomic E-state index is -0.502. The van der Waals surface area contributed by atoms with Crippen LogP contribution in [0.3, 0.4) is 0 Å². The molecule has 0 aromatic carbocycles. The monoisotopic (exact) mass is 212 g/mol. The van der Waals surface area contributed by atoms with Crippen molar-refractivity contribution in [2.75, 3.05) is 13.1 Å². The van der Waals surface area contributed by atoms with Gasteiger partial charge in [0, 0.05) is 23.6 Å². The van der Waals surface area contributed by atoms with E-state index in [0.717, 1.165) is 13.1 Å². The van der Waals surface area contributed by atoms with Crippen LogP contribution in [0.1, 0.15) is 20.8 Å². The van der Waals surface area contributed by atoms with E-state index < -0.39 is 5.92 Å². The summed E-state index contributed by atoms with van der Waals surface area (Å²) in [6.07, 6.45) is 0. The Kier molecular flexibility index (Phi) is 3.82. The summed E-state index contributed by atoms with van der Waals surface area (Å²) >= 11 is 1.90. The summed E-state index contributed by atoms with van der Waals surface area (Å²) in [6, 6.07) is 1.99. The Morgan fingerprint density at radius 3 is 2.43 bits per heavy atom. The first kappa shape index (κ1) is 11.4. The van der Waals surface area contributed by atoms with Crippen LogP contribution in [0.2, 0.25) is 0 Å². The van der Waals surface area contributed by atoms with Crippen molar-refractivity contribution in [3.63, 3.8) is 0 Å². The molecule has 1 heterocycles. The van der Waals surface area contributed by atoms with Gasteiger partial charge in [0.05, 0.1) is 6.07 Å². The fourth-order valence-corrected chi connectivity index (χ4v) is 3.01. The van der Waals surface area contributed by atoms with Crippen molar-refractivity contribution >= 4 is 17.7 Å². The standard InChI is InChI=1S/C10H16N2OS/c1-7(4-11)10(13)12-5-8(2)14-9(3)6-12/h7-9H,5-6H2,1-3H3. The molecule has 1 rings (SSSR count). The lowest BCUT2D eigenvalue weighted by atomic mass is 10.1. The van der Waals surface area contributed by atoms with Crippen LogP contribution in [0.4, 0.5) is 0 Å². The molecule has 1 aliphatic rings. The van der Waals surface area contributed by atoms with Crippen LogP contribution in [0.5, 0.6) is 0 Å². The van der Waals surface area contributed by atoms with Gasteiger partial charge in [-0.2, -0.15) is 17.0 Å². The van der Waals surface area contributed by atoms with Crippen molar-refractivity contribution in [1.82, 2.24) is 4.90 Å². The van der Waals surface area contributed by atoms with Crippen LogP contribution in [0, 0.1) is 17.2 Å². The van der Waals surface area contributed by atoms with E-state index >= 15 is 0 Å². The van der Waals surface area contributed by atoms with Crippen molar-refractivity contribution in [2.24, 2.45) is 5.92 Å². The number of rotatable bonds is 1. The fraction of sp³-hybridized carbons (Fsp3) is 0.800. The van der Waals surface area contributed by atoms with Crippen LogP contribution in [0.25, 0.3) is 0 Å². The molecule has 1 amide bonds. The van der Waals surface area contributed by atoms with E-state index in [4.69, 9.17) is 5.26 Å². The second-order valence-corrected chi connectivity index (χ2v) is 5.73. The highest BCUT2D eigenvalue weighted by atomic mass is 32.2. The van der Waals surface area contributed by atoms with Gasteiger partial charge in [-0.25, -0.2) is 0 Å². The Balaban J connectivity index is 2.60. The molecule has 1 saturated heterocycles. The second kappa shape index (κ2) is 4.70. The molecule has 14 heavy (non-hydrogen) atoms. The molecule has 0 bridgehead atoms. The third kappa shape index (κ3) is 2.65. The number of hydrogen-bond acceptors (Lipinski definition) is 3. The van der Waals surface area contributed by atoms with E-state index in [2.05, 4.69) is 13.8 Å². The number of hydrogen-bond donors (Lipinski definition) is 0.